The van der Waals surface area contributed by atoms with Crippen LogP contribution in [0.1, 0.15) is 6.92 Å². The van der Waals surface area contributed by atoms with Crippen molar-refractivity contribution in [2.75, 3.05) is 13.1 Å². The van der Waals surface area contributed by atoms with Crippen LogP contribution in [0.25, 0.3) is 0 Å². The molecule has 0 saturated heterocycles. The summed E-state index contributed by atoms with van der Waals surface area (Å²) in [4.78, 5) is 3.78. The first kappa shape index (κ1) is 6.41. The van der Waals surface area contributed by atoms with Crippen LogP contribution in [-0.4, -0.2) is 19.0 Å². The van der Waals surface area contributed by atoms with E-state index in [1.165, 1.54) is 0 Å². The molecule has 0 aliphatic carbocycles. The molecule has 0 aromatic rings. The third kappa shape index (κ3) is 5.41. The van der Waals surface area contributed by atoms with Gasteiger partial charge in [-0.25, -0.2) is 4.99 Å². The fourth-order valence-corrected chi connectivity index (χ4v) is 0.220. The zero-order chi connectivity index (χ0) is 5.54. The molecule has 40 valence electrons. The normalized spacial score (nSPS) is 7.14. The Hall–Kier alpha value is -0.590. The third-order valence-corrected chi connectivity index (χ3v) is 0.461. The molecule has 2 heteroatoms. The van der Waals surface area contributed by atoms with Crippen molar-refractivity contribution in [3.8, 4) is 0 Å². The van der Waals surface area contributed by atoms with E-state index in [4.69, 9.17) is 5.73 Å². The van der Waals surface area contributed by atoms with Crippen LogP contribution >= 0.6 is 0 Å². The van der Waals surface area contributed by atoms with Crippen molar-refractivity contribution in [3.05, 3.63) is 6.08 Å². The molecule has 0 unspecified atom stereocenters. The van der Waals surface area contributed by atoms with Gasteiger partial charge in [-0.05, 0) is 18.9 Å². The highest BCUT2D eigenvalue weighted by Crippen LogP contribution is 1.57. The summed E-state index contributed by atoms with van der Waals surface area (Å²) in [5.74, 6) is 2.67. The van der Waals surface area contributed by atoms with Gasteiger partial charge in [-0.3, -0.25) is 0 Å². The molecule has 0 spiro atoms. The predicted octanol–water partition coefficient (Wildman–Crippen LogP) is 0.191. The molecule has 2 nitrogen and oxygen atoms in total. The number of allylic oxidation sites excluding steroid dienone is 1. The van der Waals surface area contributed by atoms with Crippen LogP contribution in [0.2, 0.25) is 0 Å². The summed E-state index contributed by atoms with van der Waals surface area (Å²) in [7, 11) is 0. The van der Waals surface area contributed by atoms with Gasteiger partial charge in [0.2, 0.25) is 0 Å². The van der Waals surface area contributed by atoms with E-state index < -0.39 is 0 Å². The predicted molar refractivity (Wildman–Crippen MR) is 31.6 cm³/mol. The van der Waals surface area contributed by atoms with Gasteiger partial charge in [0.1, 0.15) is 0 Å². The van der Waals surface area contributed by atoms with E-state index in [9.17, 15) is 0 Å². The summed E-state index contributed by atoms with van der Waals surface area (Å²) >= 11 is 0. The molecule has 7 heavy (non-hydrogen) atoms. The standard InChI is InChI=1S/C5H10N2/c1-2-4-7-5-3-6/h2H,3,5-6H2,1H3. The first-order valence-corrected chi connectivity index (χ1v) is 2.31. The Morgan fingerprint density at radius 2 is 2.57 bits per heavy atom. The largest absolute Gasteiger partial charge is 0.329 e. The van der Waals surface area contributed by atoms with Crippen LogP contribution in [0.3, 0.4) is 0 Å². The van der Waals surface area contributed by atoms with Gasteiger partial charge in [0.25, 0.3) is 0 Å². The quantitative estimate of drug-likeness (QED) is 0.492. The Bertz CT molecular complexity index is 80.1. The van der Waals surface area contributed by atoms with Crippen LogP contribution < -0.4 is 5.73 Å². The minimum atomic E-state index is 0.612. The van der Waals surface area contributed by atoms with Gasteiger partial charge in [0, 0.05) is 6.54 Å². The van der Waals surface area contributed by atoms with E-state index in [1.807, 2.05) is 6.92 Å². The van der Waals surface area contributed by atoms with Gasteiger partial charge < -0.3 is 5.73 Å². The lowest BCUT2D eigenvalue weighted by molar-refractivity contribution is 0.982. The van der Waals surface area contributed by atoms with E-state index in [2.05, 4.69) is 10.9 Å². The van der Waals surface area contributed by atoms with Gasteiger partial charge in [-0.2, -0.15) is 0 Å². The van der Waals surface area contributed by atoms with E-state index in [1.54, 1.807) is 6.08 Å². The molecule has 0 atom stereocenters. The second kappa shape index (κ2) is 5.41. The second-order valence-corrected chi connectivity index (χ2v) is 1.09. The van der Waals surface area contributed by atoms with Crippen molar-refractivity contribution in [2.24, 2.45) is 10.7 Å². The molecule has 0 rings (SSSR count). The first-order valence-electron chi connectivity index (χ1n) is 2.31. The maximum absolute atomic E-state index is 5.12. The smallest absolute Gasteiger partial charge is 0.0606 e. The highest BCUT2D eigenvalue weighted by molar-refractivity contribution is 5.50. The van der Waals surface area contributed by atoms with Crippen LogP contribution in [0.15, 0.2) is 11.1 Å². The number of hydrogen-bond acceptors (Lipinski definition) is 2. The monoisotopic (exact) mass is 98.1 g/mol. The van der Waals surface area contributed by atoms with Crippen molar-refractivity contribution in [1.29, 1.82) is 0 Å². The molecule has 0 heterocycles. The molecular weight excluding hydrogens is 88.1 g/mol. The summed E-state index contributed by atoms with van der Waals surface area (Å²) < 4.78 is 0. The molecule has 0 aromatic carbocycles. The topological polar surface area (TPSA) is 38.4 Å². The maximum Gasteiger partial charge on any atom is 0.0606 e. The Morgan fingerprint density at radius 1 is 1.86 bits per heavy atom. The zero-order valence-electron chi connectivity index (χ0n) is 4.52. The van der Waals surface area contributed by atoms with Crippen LogP contribution in [0.5, 0.6) is 0 Å². The maximum atomic E-state index is 5.12. The van der Waals surface area contributed by atoms with Crippen molar-refractivity contribution in [2.45, 2.75) is 6.92 Å². The lowest BCUT2D eigenvalue weighted by atomic mass is 10.7. The summed E-state index contributed by atoms with van der Waals surface area (Å²) in [6.45, 7) is 3.17. The van der Waals surface area contributed by atoms with Crippen LogP contribution in [-0.2, 0) is 0 Å². The molecule has 0 fully saturated rings. The summed E-state index contributed by atoms with van der Waals surface area (Å²) in [5.41, 5.74) is 5.12. The Morgan fingerprint density at radius 3 is 3.00 bits per heavy atom. The van der Waals surface area contributed by atoms with Gasteiger partial charge in [0.15, 0.2) is 0 Å². The van der Waals surface area contributed by atoms with Gasteiger partial charge in [0.05, 0.1) is 6.54 Å². The van der Waals surface area contributed by atoms with Crippen LogP contribution in [0, 0.1) is 0 Å². The molecule has 0 radical (unpaired) electrons. The SMILES string of the molecule is CC=C=NCCN. The van der Waals surface area contributed by atoms with Crippen molar-refractivity contribution in [3.63, 3.8) is 0 Å². The van der Waals surface area contributed by atoms with Crippen molar-refractivity contribution < 1.29 is 0 Å². The average molecular weight is 98.1 g/mol. The van der Waals surface area contributed by atoms with E-state index >= 15 is 0 Å². The number of aliphatic imine (C=N–C) groups is 1. The third-order valence-electron chi connectivity index (χ3n) is 0.461. The second-order valence-electron chi connectivity index (χ2n) is 1.09. The molecule has 0 bridgehead atoms. The van der Waals surface area contributed by atoms with Crippen LogP contribution in [0.4, 0.5) is 0 Å². The number of rotatable bonds is 2. The van der Waals surface area contributed by atoms with E-state index in [0.29, 0.717) is 13.1 Å². The molecule has 0 aliphatic rings. The molecule has 2 N–H and O–H groups in total. The summed E-state index contributed by atoms with van der Waals surface area (Å²) in [6.07, 6.45) is 1.76. The van der Waals surface area contributed by atoms with Crippen molar-refractivity contribution >= 4 is 5.87 Å². The van der Waals surface area contributed by atoms with Gasteiger partial charge >= 0.3 is 0 Å². The fraction of sp³-hybridized carbons (Fsp3) is 0.600. The highest BCUT2D eigenvalue weighted by atomic mass is 14.7. The van der Waals surface area contributed by atoms with E-state index in [0.717, 1.165) is 0 Å². The number of hydrogen-bond donors (Lipinski definition) is 1. The lowest BCUT2D eigenvalue weighted by Gasteiger charge is -1.76. The summed E-state index contributed by atoms with van der Waals surface area (Å²) in [5, 5.41) is 0. The molecule has 0 aliphatic heterocycles. The minimum Gasteiger partial charge on any atom is -0.329 e. The number of nitrogens with two attached hydrogens (primary N) is 1. The Labute approximate surface area is 43.7 Å². The number of nitrogens with zero attached hydrogens (tertiary/aromatic N) is 1. The minimum absolute atomic E-state index is 0.612. The zero-order valence-corrected chi connectivity index (χ0v) is 4.52. The molecular formula is C5H10N2. The Balaban J connectivity index is 3.10. The molecule has 0 saturated carbocycles. The highest BCUT2D eigenvalue weighted by Gasteiger charge is 1.64. The fourth-order valence-electron chi connectivity index (χ4n) is 0.220. The molecule has 0 amide bonds. The lowest BCUT2D eigenvalue weighted by Crippen LogP contribution is -2.01. The average Bonchev–Trinajstić information content (AvgIpc) is 1.69. The van der Waals surface area contributed by atoms with E-state index in [-0.39, 0.29) is 0 Å². The Kier molecular flexibility index (Phi) is 4.95. The van der Waals surface area contributed by atoms with Gasteiger partial charge in [-0.15, -0.1) is 0 Å². The van der Waals surface area contributed by atoms with Gasteiger partial charge in [-0.1, -0.05) is 0 Å². The molecule has 0 aromatic heterocycles. The van der Waals surface area contributed by atoms with Crippen molar-refractivity contribution in [1.82, 2.24) is 0 Å². The summed E-state index contributed by atoms with van der Waals surface area (Å²) in [6, 6.07) is 0. The first-order chi connectivity index (χ1) is 3.41.